The molecule has 0 aliphatic carbocycles. The Hall–Kier alpha value is -3.20. The van der Waals surface area contributed by atoms with E-state index in [9.17, 15) is 9.59 Å². The summed E-state index contributed by atoms with van der Waals surface area (Å²) in [4.78, 5) is 38.5. The summed E-state index contributed by atoms with van der Waals surface area (Å²) in [5.74, 6) is 0.0218. The molecule has 164 valence electrons. The Balaban J connectivity index is 1.58. The SMILES string of the molecule is CCOC(=O)[C@@H]1CN(Cc2cnc(N(C)C)nc2)C[C@]12COc1ccccc1C(=O)N2. The number of hydrogen-bond donors (Lipinski definition) is 1. The second kappa shape index (κ2) is 8.50. The molecule has 3 heterocycles. The van der Waals surface area contributed by atoms with Gasteiger partial charge in [0.05, 0.1) is 18.1 Å². The van der Waals surface area contributed by atoms with Crippen molar-refractivity contribution in [3.63, 3.8) is 0 Å². The van der Waals surface area contributed by atoms with Gasteiger partial charge in [-0.2, -0.15) is 0 Å². The normalized spacial score (nSPS) is 22.9. The Morgan fingerprint density at radius 3 is 2.77 bits per heavy atom. The number of amides is 1. The zero-order valence-electron chi connectivity index (χ0n) is 18.0. The zero-order valence-corrected chi connectivity index (χ0v) is 18.0. The number of para-hydroxylation sites is 1. The van der Waals surface area contributed by atoms with Crippen molar-refractivity contribution in [1.82, 2.24) is 20.2 Å². The molecule has 1 N–H and O–H groups in total. The van der Waals surface area contributed by atoms with Crippen LogP contribution in [0.1, 0.15) is 22.8 Å². The molecule has 0 saturated carbocycles. The largest absolute Gasteiger partial charge is 0.490 e. The number of rotatable bonds is 5. The number of benzene rings is 1. The van der Waals surface area contributed by atoms with Crippen molar-refractivity contribution in [2.75, 3.05) is 45.3 Å². The summed E-state index contributed by atoms with van der Waals surface area (Å²) in [7, 11) is 3.77. The van der Waals surface area contributed by atoms with Crippen LogP contribution in [0.25, 0.3) is 0 Å². The highest BCUT2D eigenvalue weighted by Crippen LogP contribution is 2.34. The van der Waals surface area contributed by atoms with Crippen LogP contribution in [0, 0.1) is 5.92 Å². The number of aromatic nitrogens is 2. The number of nitrogens with zero attached hydrogens (tertiary/aromatic N) is 4. The van der Waals surface area contributed by atoms with Gasteiger partial charge in [-0.25, -0.2) is 9.97 Å². The van der Waals surface area contributed by atoms with Crippen molar-refractivity contribution in [3.8, 4) is 5.75 Å². The topological polar surface area (TPSA) is 96.9 Å². The second-order valence-electron chi connectivity index (χ2n) is 8.16. The molecule has 1 aromatic carbocycles. The molecule has 9 heteroatoms. The molecule has 2 atom stereocenters. The summed E-state index contributed by atoms with van der Waals surface area (Å²) in [6.45, 7) is 3.68. The summed E-state index contributed by atoms with van der Waals surface area (Å²) in [5.41, 5.74) is 0.509. The van der Waals surface area contributed by atoms with Crippen LogP contribution in [-0.2, 0) is 16.1 Å². The molecule has 0 unspecified atom stereocenters. The Morgan fingerprint density at radius 2 is 2.06 bits per heavy atom. The van der Waals surface area contributed by atoms with Crippen LogP contribution in [0.4, 0.5) is 5.95 Å². The molecular weight excluding hydrogens is 398 g/mol. The number of esters is 1. The summed E-state index contributed by atoms with van der Waals surface area (Å²) in [6, 6.07) is 7.11. The van der Waals surface area contributed by atoms with Gasteiger partial charge in [0.15, 0.2) is 0 Å². The molecule has 1 saturated heterocycles. The Morgan fingerprint density at radius 1 is 1.32 bits per heavy atom. The third kappa shape index (κ3) is 4.18. The van der Waals surface area contributed by atoms with Gasteiger partial charge in [0.1, 0.15) is 17.9 Å². The first kappa shape index (κ1) is 21.0. The van der Waals surface area contributed by atoms with Crippen LogP contribution in [0.2, 0.25) is 0 Å². The Labute approximate surface area is 181 Å². The van der Waals surface area contributed by atoms with Gasteiger partial charge in [0, 0.05) is 51.7 Å². The van der Waals surface area contributed by atoms with Crippen LogP contribution < -0.4 is 15.0 Å². The van der Waals surface area contributed by atoms with Crippen molar-refractivity contribution in [2.24, 2.45) is 5.92 Å². The summed E-state index contributed by atoms with van der Waals surface area (Å²) in [6.07, 6.45) is 3.56. The fourth-order valence-electron chi connectivity index (χ4n) is 4.18. The Bertz CT molecular complexity index is 965. The van der Waals surface area contributed by atoms with E-state index >= 15 is 0 Å². The fraction of sp³-hybridized carbons (Fsp3) is 0.455. The molecule has 0 bridgehead atoms. The molecule has 1 fully saturated rings. The molecule has 1 aromatic heterocycles. The van der Waals surface area contributed by atoms with Crippen LogP contribution in [-0.4, -0.2) is 72.7 Å². The van der Waals surface area contributed by atoms with E-state index in [1.54, 1.807) is 37.5 Å². The van der Waals surface area contributed by atoms with E-state index in [1.807, 2.05) is 25.1 Å². The zero-order chi connectivity index (χ0) is 22.0. The van der Waals surface area contributed by atoms with Gasteiger partial charge in [0.2, 0.25) is 5.95 Å². The van der Waals surface area contributed by atoms with E-state index < -0.39 is 11.5 Å². The van der Waals surface area contributed by atoms with Crippen LogP contribution >= 0.6 is 0 Å². The summed E-state index contributed by atoms with van der Waals surface area (Å²) < 4.78 is 11.4. The highest BCUT2D eigenvalue weighted by Gasteiger charge is 2.53. The minimum Gasteiger partial charge on any atom is -0.490 e. The van der Waals surface area contributed by atoms with Crippen molar-refractivity contribution in [1.29, 1.82) is 0 Å². The van der Waals surface area contributed by atoms with Crippen LogP contribution in [0.5, 0.6) is 5.75 Å². The molecule has 9 nitrogen and oxygen atoms in total. The number of hydrogen-bond acceptors (Lipinski definition) is 8. The minimum atomic E-state index is -0.882. The Kier molecular flexibility index (Phi) is 5.77. The number of ether oxygens (including phenoxy) is 2. The predicted molar refractivity (Wildman–Crippen MR) is 114 cm³/mol. The number of nitrogens with one attached hydrogen (secondary N) is 1. The molecule has 31 heavy (non-hydrogen) atoms. The number of fused-ring (bicyclic) bond motifs is 1. The standard InChI is InChI=1S/C22H27N5O4/c1-4-30-20(29)17-12-27(11-15-9-23-21(24-10-15)26(2)3)13-22(17)14-31-18-8-6-5-7-16(18)19(28)25-22/h5-10,17H,4,11-14H2,1-3H3,(H,25,28)/t17-,22-/m0/s1. The van der Waals surface area contributed by atoms with Gasteiger partial charge >= 0.3 is 5.97 Å². The van der Waals surface area contributed by atoms with Gasteiger partial charge in [0.25, 0.3) is 5.91 Å². The monoisotopic (exact) mass is 425 g/mol. The maximum absolute atomic E-state index is 13.0. The van der Waals surface area contributed by atoms with Crippen molar-refractivity contribution in [2.45, 2.75) is 19.0 Å². The molecule has 2 aliphatic heterocycles. The maximum Gasteiger partial charge on any atom is 0.312 e. The van der Waals surface area contributed by atoms with Crippen molar-refractivity contribution < 1.29 is 19.1 Å². The van der Waals surface area contributed by atoms with Gasteiger partial charge in [-0.15, -0.1) is 0 Å². The minimum absolute atomic E-state index is 0.186. The summed E-state index contributed by atoms with van der Waals surface area (Å²) in [5, 5.41) is 3.10. The highest BCUT2D eigenvalue weighted by atomic mass is 16.5. The van der Waals surface area contributed by atoms with Gasteiger partial charge < -0.3 is 19.7 Å². The molecule has 2 aromatic rings. The van der Waals surface area contributed by atoms with Gasteiger partial charge in [-0.05, 0) is 19.1 Å². The first-order valence-corrected chi connectivity index (χ1v) is 10.3. The quantitative estimate of drug-likeness (QED) is 0.712. The molecule has 1 spiro atoms. The fourth-order valence-corrected chi connectivity index (χ4v) is 4.18. The first-order chi connectivity index (χ1) is 14.9. The predicted octanol–water partition coefficient (Wildman–Crippen LogP) is 1.10. The second-order valence-corrected chi connectivity index (χ2v) is 8.16. The van der Waals surface area contributed by atoms with Crippen LogP contribution in [0.15, 0.2) is 36.7 Å². The lowest BCUT2D eigenvalue weighted by molar-refractivity contribution is -0.150. The molecule has 2 aliphatic rings. The van der Waals surface area contributed by atoms with E-state index in [4.69, 9.17) is 9.47 Å². The number of anilines is 1. The molecule has 0 radical (unpaired) electrons. The first-order valence-electron chi connectivity index (χ1n) is 10.3. The lowest BCUT2D eigenvalue weighted by Crippen LogP contribution is -2.59. The van der Waals surface area contributed by atoms with E-state index in [1.165, 1.54) is 0 Å². The molecule has 1 amide bonds. The van der Waals surface area contributed by atoms with E-state index in [-0.39, 0.29) is 25.1 Å². The third-order valence-corrected chi connectivity index (χ3v) is 5.66. The van der Waals surface area contributed by atoms with E-state index in [2.05, 4.69) is 20.2 Å². The third-order valence-electron chi connectivity index (χ3n) is 5.66. The number of likely N-dealkylation sites (tertiary alicyclic amines) is 1. The van der Waals surface area contributed by atoms with Crippen LogP contribution in [0.3, 0.4) is 0 Å². The van der Waals surface area contributed by atoms with Crippen molar-refractivity contribution in [3.05, 3.63) is 47.8 Å². The lowest BCUT2D eigenvalue weighted by atomic mass is 9.87. The average Bonchev–Trinajstić information content (AvgIpc) is 3.03. The average molecular weight is 425 g/mol. The highest BCUT2D eigenvalue weighted by molar-refractivity contribution is 5.98. The maximum atomic E-state index is 13.0. The molecule has 4 rings (SSSR count). The lowest BCUT2D eigenvalue weighted by Gasteiger charge is -2.32. The van der Waals surface area contributed by atoms with E-state index in [0.29, 0.717) is 36.9 Å². The summed E-state index contributed by atoms with van der Waals surface area (Å²) >= 11 is 0. The van der Waals surface area contributed by atoms with Gasteiger partial charge in [-0.1, -0.05) is 12.1 Å². The molecular formula is C22H27N5O4. The van der Waals surface area contributed by atoms with E-state index in [0.717, 1.165) is 5.56 Å². The smallest absolute Gasteiger partial charge is 0.312 e. The number of carbonyl (C=O) groups is 2. The van der Waals surface area contributed by atoms with Crippen molar-refractivity contribution >= 4 is 17.8 Å². The van der Waals surface area contributed by atoms with Gasteiger partial charge in [-0.3, -0.25) is 14.5 Å². The number of carbonyl (C=O) groups excluding carboxylic acids is 2.